The first-order chi connectivity index (χ1) is 9.86. The first-order valence-corrected chi connectivity index (χ1v) is 8.96. The highest BCUT2D eigenvalue weighted by atomic mass is 15.2. The average Bonchev–Trinajstić information content (AvgIpc) is 2.38. The van der Waals surface area contributed by atoms with Gasteiger partial charge in [0.2, 0.25) is 0 Å². The standard InChI is InChI=1S/C18H39N3/c1-7-10-18(4,14-19-12-16(2)3)15-21-11-8-9-17(13-21)20(5)6/h16-17,19H,7-15H2,1-6H3. The number of piperidine rings is 1. The minimum Gasteiger partial charge on any atom is -0.316 e. The summed E-state index contributed by atoms with van der Waals surface area (Å²) in [6.45, 7) is 15.4. The van der Waals surface area contributed by atoms with Crippen molar-refractivity contribution in [3.05, 3.63) is 0 Å². The molecule has 1 aliphatic heterocycles. The molecule has 0 spiro atoms. The van der Waals surface area contributed by atoms with Gasteiger partial charge in [-0.3, -0.25) is 0 Å². The van der Waals surface area contributed by atoms with E-state index in [4.69, 9.17) is 0 Å². The number of likely N-dealkylation sites (tertiary alicyclic amines) is 1. The second kappa shape index (κ2) is 9.12. The maximum atomic E-state index is 3.70. The van der Waals surface area contributed by atoms with Crippen molar-refractivity contribution < 1.29 is 0 Å². The van der Waals surface area contributed by atoms with Gasteiger partial charge in [-0.1, -0.05) is 34.1 Å². The zero-order chi connectivity index (χ0) is 15.9. The summed E-state index contributed by atoms with van der Waals surface area (Å²) in [4.78, 5) is 5.11. The van der Waals surface area contributed by atoms with E-state index in [1.54, 1.807) is 0 Å². The van der Waals surface area contributed by atoms with E-state index >= 15 is 0 Å². The van der Waals surface area contributed by atoms with Crippen LogP contribution in [0.15, 0.2) is 0 Å². The SMILES string of the molecule is CCCC(C)(CNCC(C)C)CN1CCCC(N(C)C)C1. The van der Waals surface area contributed by atoms with Crippen LogP contribution in [0.3, 0.4) is 0 Å². The average molecular weight is 298 g/mol. The Morgan fingerprint density at radius 2 is 2.05 bits per heavy atom. The van der Waals surface area contributed by atoms with Gasteiger partial charge in [-0.15, -0.1) is 0 Å². The number of rotatable bonds is 9. The Hall–Kier alpha value is -0.120. The van der Waals surface area contributed by atoms with Gasteiger partial charge in [-0.25, -0.2) is 0 Å². The number of hydrogen-bond donors (Lipinski definition) is 1. The van der Waals surface area contributed by atoms with Gasteiger partial charge in [0, 0.05) is 25.7 Å². The molecule has 3 nitrogen and oxygen atoms in total. The van der Waals surface area contributed by atoms with Crippen molar-refractivity contribution in [2.75, 3.05) is 46.8 Å². The van der Waals surface area contributed by atoms with Crippen LogP contribution >= 0.6 is 0 Å². The quantitative estimate of drug-likeness (QED) is 0.705. The third-order valence-electron chi connectivity index (χ3n) is 4.77. The molecular formula is C18H39N3. The van der Waals surface area contributed by atoms with Crippen LogP contribution in [-0.4, -0.2) is 62.7 Å². The van der Waals surface area contributed by atoms with Gasteiger partial charge in [0.15, 0.2) is 0 Å². The lowest BCUT2D eigenvalue weighted by Crippen LogP contribution is -2.50. The van der Waals surface area contributed by atoms with Crippen molar-refractivity contribution in [2.45, 2.75) is 59.4 Å². The highest BCUT2D eigenvalue weighted by molar-refractivity contribution is 4.85. The zero-order valence-corrected chi connectivity index (χ0v) is 15.4. The van der Waals surface area contributed by atoms with E-state index in [0.29, 0.717) is 5.41 Å². The van der Waals surface area contributed by atoms with E-state index in [1.165, 1.54) is 45.3 Å². The van der Waals surface area contributed by atoms with Crippen LogP contribution in [0.2, 0.25) is 0 Å². The van der Waals surface area contributed by atoms with Gasteiger partial charge < -0.3 is 15.1 Å². The molecule has 21 heavy (non-hydrogen) atoms. The smallest absolute Gasteiger partial charge is 0.0217 e. The number of likely N-dealkylation sites (N-methyl/N-ethyl adjacent to an activating group) is 1. The Labute approximate surface area is 133 Å². The number of hydrogen-bond acceptors (Lipinski definition) is 3. The molecular weight excluding hydrogens is 258 g/mol. The third kappa shape index (κ3) is 7.12. The fourth-order valence-corrected chi connectivity index (χ4v) is 3.63. The summed E-state index contributed by atoms with van der Waals surface area (Å²) < 4.78 is 0. The Bertz CT molecular complexity index is 278. The molecule has 0 aromatic heterocycles. The number of nitrogens with one attached hydrogen (secondary N) is 1. The van der Waals surface area contributed by atoms with Crippen molar-refractivity contribution in [1.82, 2.24) is 15.1 Å². The first-order valence-electron chi connectivity index (χ1n) is 8.96. The maximum absolute atomic E-state index is 3.70. The summed E-state index contributed by atoms with van der Waals surface area (Å²) in [5, 5.41) is 3.70. The molecule has 1 heterocycles. The molecule has 2 unspecified atom stereocenters. The van der Waals surface area contributed by atoms with Crippen molar-refractivity contribution in [3.63, 3.8) is 0 Å². The molecule has 1 N–H and O–H groups in total. The van der Waals surface area contributed by atoms with Gasteiger partial charge in [0.05, 0.1) is 0 Å². The molecule has 0 radical (unpaired) electrons. The molecule has 3 heteroatoms. The molecule has 1 fully saturated rings. The molecule has 1 saturated heterocycles. The topological polar surface area (TPSA) is 18.5 Å². The van der Waals surface area contributed by atoms with Gasteiger partial charge in [0.25, 0.3) is 0 Å². The predicted molar refractivity (Wildman–Crippen MR) is 93.9 cm³/mol. The monoisotopic (exact) mass is 297 g/mol. The molecule has 0 aliphatic carbocycles. The molecule has 0 saturated carbocycles. The fourth-order valence-electron chi connectivity index (χ4n) is 3.63. The van der Waals surface area contributed by atoms with E-state index in [0.717, 1.165) is 25.0 Å². The van der Waals surface area contributed by atoms with Crippen LogP contribution in [0.25, 0.3) is 0 Å². The minimum absolute atomic E-state index is 0.415. The number of nitrogens with zero attached hydrogens (tertiary/aromatic N) is 2. The summed E-state index contributed by atoms with van der Waals surface area (Å²) in [6, 6.07) is 0.744. The van der Waals surface area contributed by atoms with Crippen LogP contribution in [0.1, 0.15) is 53.4 Å². The van der Waals surface area contributed by atoms with Gasteiger partial charge in [0.1, 0.15) is 0 Å². The van der Waals surface area contributed by atoms with Gasteiger partial charge >= 0.3 is 0 Å². The maximum Gasteiger partial charge on any atom is 0.0217 e. The van der Waals surface area contributed by atoms with Crippen molar-refractivity contribution >= 4 is 0 Å². The van der Waals surface area contributed by atoms with Crippen LogP contribution in [0.4, 0.5) is 0 Å². The second-order valence-corrected chi connectivity index (χ2v) is 8.08. The van der Waals surface area contributed by atoms with E-state index in [-0.39, 0.29) is 0 Å². The lowest BCUT2D eigenvalue weighted by atomic mass is 9.84. The van der Waals surface area contributed by atoms with Crippen LogP contribution in [0, 0.1) is 11.3 Å². The van der Waals surface area contributed by atoms with E-state index < -0.39 is 0 Å². The Morgan fingerprint density at radius 1 is 1.33 bits per heavy atom. The summed E-state index contributed by atoms with van der Waals surface area (Å²) in [7, 11) is 4.45. The highest BCUT2D eigenvalue weighted by Crippen LogP contribution is 2.26. The molecule has 0 aromatic carbocycles. The fraction of sp³-hybridized carbons (Fsp3) is 1.00. The predicted octanol–water partition coefficient (Wildman–Crippen LogP) is 3.06. The van der Waals surface area contributed by atoms with Crippen LogP contribution in [0.5, 0.6) is 0 Å². The Kier molecular flexibility index (Phi) is 8.22. The van der Waals surface area contributed by atoms with E-state index in [9.17, 15) is 0 Å². The largest absolute Gasteiger partial charge is 0.316 e. The summed E-state index contributed by atoms with van der Waals surface area (Å²) in [6.07, 6.45) is 5.32. The van der Waals surface area contributed by atoms with Crippen molar-refractivity contribution in [2.24, 2.45) is 11.3 Å². The summed E-state index contributed by atoms with van der Waals surface area (Å²) in [5.41, 5.74) is 0.415. The lowest BCUT2D eigenvalue weighted by molar-refractivity contribution is 0.0852. The Balaban J connectivity index is 2.51. The molecule has 0 amide bonds. The van der Waals surface area contributed by atoms with Crippen molar-refractivity contribution in [1.29, 1.82) is 0 Å². The van der Waals surface area contributed by atoms with E-state index in [2.05, 4.69) is 56.9 Å². The van der Waals surface area contributed by atoms with Crippen LogP contribution < -0.4 is 5.32 Å². The molecule has 1 aliphatic rings. The zero-order valence-electron chi connectivity index (χ0n) is 15.4. The van der Waals surface area contributed by atoms with Gasteiger partial charge in [-0.2, -0.15) is 0 Å². The molecule has 126 valence electrons. The first kappa shape index (κ1) is 18.9. The van der Waals surface area contributed by atoms with Gasteiger partial charge in [-0.05, 0) is 57.8 Å². The molecule has 1 rings (SSSR count). The third-order valence-corrected chi connectivity index (χ3v) is 4.77. The molecule has 0 aromatic rings. The highest BCUT2D eigenvalue weighted by Gasteiger charge is 2.29. The summed E-state index contributed by atoms with van der Waals surface area (Å²) in [5.74, 6) is 0.740. The molecule has 0 bridgehead atoms. The minimum atomic E-state index is 0.415. The van der Waals surface area contributed by atoms with Crippen LogP contribution in [-0.2, 0) is 0 Å². The second-order valence-electron chi connectivity index (χ2n) is 8.08. The van der Waals surface area contributed by atoms with E-state index in [1.807, 2.05) is 0 Å². The molecule has 2 atom stereocenters. The van der Waals surface area contributed by atoms with Crippen molar-refractivity contribution in [3.8, 4) is 0 Å². The normalized spacial score (nSPS) is 23.7. The Morgan fingerprint density at radius 3 is 2.62 bits per heavy atom. The summed E-state index contributed by atoms with van der Waals surface area (Å²) >= 11 is 0. The lowest BCUT2D eigenvalue weighted by Gasteiger charge is -2.41.